The van der Waals surface area contributed by atoms with Crippen molar-refractivity contribution in [1.29, 1.82) is 5.41 Å². The minimum Gasteiger partial charge on any atom is -0.393 e. The van der Waals surface area contributed by atoms with Crippen LogP contribution in [-0.4, -0.2) is 35.1 Å². The summed E-state index contributed by atoms with van der Waals surface area (Å²) in [5.41, 5.74) is 8.27. The van der Waals surface area contributed by atoms with Gasteiger partial charge in [-0.1, -0.05) is 25.1 Å². The molecule has 2 atom stereocenters. The van der Waals surface area contributed by atoms with E-state index in [2.05, 4.69) is 9.88 Å². The highest BCUT2D eigenvalue weighted by atomic mass is 16.3. The Kier molecular flexibility index (Phi) is 3.51. The Balaban J connectivity index is 2.14. The highest BCUT2D eigenvalue weighted by molar-refractivity contribution is 6.07. The number of piperidine rings is 1. The lowest BCUT2D eigenvalue weighted by molar-refractivity contribution is 0.0971. The van der Waals surface area contributed by atoms with Crippen molar-refractivity contribution >= 4 is 22.4 Å². The van der Waals surface area contributed by atoms with Crippen molar-refractivity contribution in [1.82, 2.24) is 4.98 Å². The average Bonchev–Trinajstić information content (AvgIpc) is 2.49. The molecule has 3 rings (SSSR count). The maximum atomic E-state index is 9.93. The van der Waals surface area contributed by atoms with E-state index in [0.717, 1.165) is 36.1 Å². The summed E-state index contributed by atoms with van der Waals surface area (Å²) in [6, 6.07) is 7.90. The summed E-state index contributed by atoms with van der Waals surface area (Å²) in [5.74, 6) is 0.229. The van der Waals surface area contributed by atoms with E-state index >= 15 is 0 Å². The van der Waals surface area contributed by atoms with Crippen LogP contribution in [0.25, 0.3) is 10.9 Å². The second-order valence-electron chi connectivity index (χ2n) is 5.73. The number of amidine groups is 1. The van der Waals surface area contributed by atoms with Crippen LogP contribution in [0, 0.1) is 11.3 Å². The molecule has 5 heteroatoms. The second kappa shape index (κ2) is 5.33. The molecule has 0 saturated carbocycles. The minimum absolute atomic E-state index is 0.0297. The van der Waals surface area contributed by atoms with Gasteiger partial charge in [-0.3, -0.25) is 10.4 Å². The van der Waals surface area contributed by atoms with E-state index < -0.39 is 0 Å². The summed E-state index contributed by atoms with van der Waals surface area (Å²) in [7, 11) is 0. The molecule has 0 amide bonds. The first-order valence-corrected chi connectivity index (χ1v) is 7.23. The van der Waals surface area contributed by atoms with Crippen LogP contribution in [0.1, 0.15) is 18.9 Å². The number of aromatic nitrogens is 1. The van der Waals surface area contributed by atoms with Crippen LogP contribution in [-0.2, 0) is 0 Å². The zero-order valence-electron chi connectivity index (χ0n) is 12.1. The summed E-state index contributed by atoms with van der Waals surface area (Å²) in [5, 5.41) is 18.8. The van der Waals surface area contributed by atoms with E-state index in [-0.39, 0.29) is 17.9 Å². The van der Waals surface area contributed by atoms with Crippen LogP contribution in [0.4, 0.5) is 5.69 Å². The molecular formula is C16H20N4O. The molecule has 21 heavy (non-hydrogen) atoms. The zero-order chi connectivity index (χ0) is 15.0. The van der Waals surface area contributed by atoms with Gasteiger partial charge in [0.25, 0.3) is 0 Å². The fraction of sp³-hybridized carbons (Fsp3) is 0.375. The van der Waals surface area contributed by atoms with Gasteiger partial charge in [0, 0.05) is 24.7 Å². The number of nitrogens with one attached hydrogen (secondary N) is 1. The third-order valence-electron chi connectivity index (χ3n) is 4.21. The molecule has 1 aromatic carbocycles. The normalized spacial score (nSPS) is 22.5. The average molecular weight is 284 g/mol. The number of para-hydroxylation sites is 1. The number of fused-ring (bicyclic) bond motifs is 1. The first-order chi connectivity index (χ1) is 10.1. The van der Waals surface area contributed by atoms with Gasteiger partial charge in [-0.25, -0.2) is 0 Å². The van der Waals surface area contributed by atoms with Gasteiger partial charge in [0.1, 0.15) is 5.84 Å². The van der Waals surface area contributed by atoms with Gasteiger partial charge in [-0.05, 0) is 18.4 Å². The van der Waals surface area contributed by atoms with Crippen molar-refractivity contribution in [3.8, 4) is 0 Å². The third kappa shape index (κ3) is 2.45. The molecule has 2 unspecified atom stereocenters. The summed E-state index contributed by atoms with van der Waals surface area (Å²) in [6.07, 6.45) is 2.15. The number of nitrogens with two attached hydrogens (primary N) is 1. The van der Waals surface area contributed by atoms with E-state index in [4.69, 9.17) is 11.1 Å². The lowest BCUT2D eigenvalue weighted by atomic mass is 9.95. The molecule has 0 bridgehead atoms. The summed E-state index contributed by atoms with van der Waals surface area (Å²) >= 11 is 0. The molecule has 110 valence electrons. The van der Waals surface area contributed by atoms with Gasteiger partial charge in [0.2, 0.25) is 0 Å². The number of rotatable bonds is 2. The van der Waals surface area contributed by atoms with Crippen molar-refractivity contribution < 1.29 is 5.11 Å². The van der Waals surface area contributed by atoms with Crippen LogP contribution in [0.2, 0.25) is 0 Å². The van der Waals surface area contributed by atoms with E-state index in [1.54, 1.807) is 6.20 Å². The van der Waals surface area contributed by atoms with E-state index in [1.165, 1.54) is 0 Å². The Morgan fingerprint density at radius 1 is 1.43 bits per heavy atom. The fourth-order valence-corrected chi connectivity index (χ4v) is 3.00. The summed E-state index contributed by atoms with van der Waals surface area (Å²) in [4.78, 5) is 6.62. The number of anilines is 1. The minimum atomic E-state index is -0.255. The lowest BCUT2D eigenvalue weighted by Gasteiger charge is -2.37. The quantitative estimate of drug-likeness (QED) is 0.579. The van der Waals surface area contributed by atoms with E-state index in [0.29, 0.717) is 5.56 Å². The zero-order valence-corrected chi connectivity index (χ0v) is 12.1. The van der Waals surface area contributed by atoms with Crippen molar-refractivity contribution in [3.05, 3.63) is 36.0 Å². The first kappa shape index (κ1) is 13.8. The molecule has 1 saturated heterocycles. The predicted molar refractivity (Wildman–Crippen MR) is 84.8 cm³/mol. The maximum Gasteiger partial charge on any atom is 0.126 e. The Bertz CT molecular complexity index is 685. The monoisotopic (exact) mass is 284 g/mol. The molecule has 1 aliphatic heterocycles. The number of aliphatic hydroxyl groups excluding tert-OH is 1. The van der Waals surface area contributed by atoms with Gasteiger partial charge in [0.15, 0.2) is 0 Å². The topological polar surface area (TPSA) is 86.2 Å². The smallest absolute Gasteiger partial charge is 0.126 e. The van der Waals surface area contributed by atoms with Crippen LogP contribution in [0.3, 0.4) is 0 Å². The van der Waals surface area contributed by atoms with Crippen LogP contribution < -0.4 is 10.6 Å². The lowest BCUT2D eigenvalue weighted by Crippen LogP contribution is -2.42. The van der Waals surface area contributed by atoms with Crippen LogP contribution in [0.15, 0.2) is 30.5 Å². The standard InChI is InChI=1S/C16H20N4O/c1-10-9-20(7-6-14(10)21)15-11-4-2-3-5-13(11)19-8-12(15)16(17)18/h2-5,8,10,14,21H,6-7,9H2,1H3,(H3,17,18). The summed E-state index contributed by atoms with van der Waals surface area (Å²) < 4.78 is 0. The Labute approximate surface area is 123 Å². The predicted octanol–water partition coefficient (Wildman–Crippen LogP) is 1.73. The van der Waals surface area contributed by atoms with Crippen LogP contribution in [0.5, 0.6) is 0 Å². The molecule has 1 fully saturated rings. The third-order valence-corrected chi connectivity index (χ3v) is 4.21. The molecule has 2 heterocycles. The second-order valence-corrected chi connectivity index (χ2v) is 5.73. The number of hydrogen-bond donors (Lipinski definition) is 3. The number of hydrogen-bond acceptors (Lipinski definition) is 4. The maximum absolute atomic E-state index is 9.93. The number of pyridine rings is 1. The van der Waals surface area contributed by atoms with Crippen molar-refractivity contribution in [2.24, 2.45) is 11.7 Å². The van der Waals surface area contributed by atoms with Crippen LogP contribution >= 0.6 is 0 Å². The largest absolute Gasteiger partial charge is 0.393 e. The Hall–Kier alpha value is -2.14. The van der Waals surface area contributed by atoms with Crippen molar-refractivity contribution in [2.75, 3.05) is 18.0 Å². The molecular weight excluding hydrogens is 264 g/mol. The molecule has 5 nitrogen and oxygen atoms in total. The first-order valence-electron chi connectivity index (χ1n) is 7.23. The van der Waals surface area contributed by atoms with Gasteiger partial charge in [0.05, 0.1) is 22.9 Å². The van der Waals surface area contributed by atoms with E-state index in [1.807, 2.05) is 31.2 Å². The van der Waals surface area contributed by atoms with Gasteiger partial charge >= 0.3 is 0 Å². The Morgan fingerprint density at radius 3 is 2.90 bits per heavy atom. The highest BCUT2D eigenvalue weighted by Crippen LogP contribution is 2.32. The van der Waals surface area contributed by atoms with Crippen molar-refractivity contribution in [2.45, 2.75) is 19.4 Å². The summed E-state index contributed by atoms with van der Waals surface area (Å²) in [6.45, 7) is 3.57. The Morgan fingerprint density at radius 2 is 2.19 bits per heavy atom. The molecule has 2 aromatic rings. The number of benzene rings is 1. The SMILES string of the molecule is CC1CN(c2c(C(=N)N)cnc3ccccc23)CCC1O. The number of aliphatic hydroxyl groups is 1. The van der Waals surface area contributed by atoms with Gasteiger partial charge in [-0.2, -0.15) is 0 Å². The van der Waals surface area contributed by atoms with Gasteiger partial charge < -0.3 is 15.7 Å². The molecule has 1 aromatic heterocycles. The number of nitrogen functional groups attached to an aromatic ring is 1. The van der Waals surface area contributed by atoms with Crippen molar-refractivity contribution in [3.63, 3.8) is 0 Å². The molecule has 0 spiro atoms. The fourth-order valence-electron chi connectivity index (χ4n) is 3.00. The number of nitrogens with zero attached hydrogens (tertiary/aromatic N) is 2. The molecule has 0 radical (unpaired) electrons. The van der Waals surface area contributed by atoms with Gasteiger partial charge in [-0.15, -0.1) is 0 Å². The molecule has 0 aliphatic carbocycles. The molecule has 4 N–H and O–H groups in total. The highest BCUT2D eigenvalue weighted by Gasteiger charge is 2.27. The van der Waals surface area contributed by atoms with E-state index in [9.17, 15) is 5.11 Å². The molecule has 1 aliphatic rings.